The monoisotopic (exact) mass is 356 g/mol. The van der Waals surface area contributed by atoms with E-state index in [1.807, 2.05) is 60.5 Å². The quantitative estimate of drug-likeness (QED) is 0.820. The number of nitrogens with one attached hydrogen (secondary N) is 1. The van der Waals surface area contributed by atoms with E-state index in [0.717, 1.165) is 41.1 Å². The third kappa shape index (κ3) is 3.32. The summed E-state index contributed by atoms with van der Waals surface area (Å²) in [5.41, 5.74) is 4.72. The number of para-hydroxylation sites is 1. The molecule has 134 valence electrons. The topological polar surface area (TPSA) is 41.6 Å². The normalized spacial score (nSPS) is 15.1. The maximum absolute atomic E-state index is 13.0. The second-order valence-electron chi connectivity index (χ2n) is 6.54. The molecule has 0 fully saturated rings. The van der Waals surface area contributed by atoms with Crippen LogP contribution in [0.25, 0.3) is 5.57 Å². The van der Waals surface area contributed by atoms with Crippen molar-refractivity contribution in [2.75, 3.05) is 23.9 Å². The van der Waals surface area contributed by atoms with Crippen LogP contribution in [0.5, 0.6) is 5.75 Å². The van der Waals surface area contributed by atoms with E-state index in [1.54, 1.807) is 0 Å². The van der Waals surface area contributed by atoms with E-state index < -0.39 is 0 Å². The molecular formula is C23H20N2O2. The smallest absolute Gasteiger partial charge is 0.256 e. The van der Waals surface area contributed by atoms with E-state index in [1.165, 1.54) is 0 Å². The maximum atomic E-state index is 13.0. The Kier molecular flexibility index (Phi) is 4.43. The fourth-order valence-corrected chi connectivity index (χ4v) is 3.21. The van der Waals surface area contributed by atoms with Crippen LogP contribution in [0.4, 0.5) is 11.4 Å². The molecule has 0 atom stereocenters. The van der Waals surface area contributed by atoms with E-state index in [0.29, 0.717) is 17.9 Å². The number of amides is 1. The molecule has 0 saturated heterocycles. The van der Waals surface area contributed by atoms with Crippen LogP contribution in [0, 0.1) is 11.8 Å². The molecule has 0 bridgehead atoms. The zero-order valence-electron chi connectivity index (χ0n) is 15.2. The lowest BCUT2D eigenvalue weighted by Gasteiger charge is -2.28. The number of hydrogen-bond donors (Lipinski definition) is 1. The van der Waals surface area contributed by atoms with Crippen molar-refractivity contribution in [3.8, 4) is 17.6 Å². The van der Waals surface area contributed by atoms with Crippen molar-refractivity contribution in [3.63, 3.8) is 0 Å². The predicted molar refractivity (Wildman–Crippen MR) is 109 cm³/mol. The average Bonchev–Trinajstić information content (AvgIpc) is 2.66. The number of rotatable bonds is 2. The second kappa shape index (κ2) is 7.05. The first-order valence-corrected chi connectivity index (χ1v) is 8.94. The first-order chi connectivity index (χ1) is 13.1. The van der Waals surface area contributed by atoms with Gasteiger partial charge in [0.25, 0.3) is 5.91 Å². The number of ether oxygens (including phenoxy) is 1. The predicted octanol–water partition coefficient (Wildman–Crippen LogP) is 4.20. The van der Waals surface area contributed by atoms with Crippen molar-refractivity contribution in [1.82, 2.24) is 0 Å². The third-order valence-electron chi connectivity index (χ3n) is 4.71. The summed E-state index contributed by atoms with van der Waals surface area (Å²) < 4.78 is 5.73. The minimum atomic E-state index is -0.170. The highest BCUT2D eigenvalue weighted by molar-refractivity contribution is 6.27. The maximum Gasteiger partial charge on any atom is 0.256 e. The molecule has 2 aliphatic heterocycles. The van der Waals surface area contributed by atoms with Gasteiger partial charge in [0.2, 0.25) is 0 Å². The number of nitrogens with zero attached hydrogens (tertiary/aromatic N) is 1. The molecule has 2 aliphatic rings. The minimum Gasteiger partial charge on any atom is -0.492 e. The third-order valence-corrected chi connectivity index (χ3v) is 4.71. The van der Waals surface area contributed by atoms with Gasteiger partial charge in [0.05, 0.1) is 17.7 Å². The number of hydrogen-bond acceptors (Lipinski definition) is 3. The van der Waals surface area contributed by atoms with Crippen LogP contribution in [0.2, 0.25) is 0 Å². The van der Waals surface area contributed by atoms with E-state index in [9.17, 15) is 4.79 Å². The summed E-state index contributed by atoms with van der Waals surface area (Å²) in [5, 5.41) is 2.98. The van der Waals surface area contributed by atoms with Gasteiger partial charge in [0.15, 0.2) is 0 Å². The summed E-state index contributed by atoms with van der Waals surface area (Å²) in [6, 6.07) is 13.4. The minimum absolute atomic E-state index is 0.170. The highest BCUT2D eigenvalue weighted by Gasteiger charge is 2.23. The fraction of sp³-hybridized carbons (Fsp3) is 0.174. The van der Waals surface area contributed by atoms with E-state index >= 15 is 0 Å². The average molecular weight is 356 g/mol. The van der Waals surface area contributed by atoms with Gasteiger partial charge in [-0.25, -0.2) is 0 Å². The Hall–Kier alpha value is -3.45. The molecule has 27 heavy (non-hydrogen) atoms. The SMILES string of the molecule is C=C1C=C(C(=O)Nc2ccc3c(c2)C#CCCCO3)c2ccccc2N1C. The molecule has 1 N–H and O–H groups in total. The molecule has 4 nitrogen and oxygen atoms in total. The Labute approximate surface area is 159 Å². The van der Waals surface area contributed by atoms with Crippen LogP contribution >= 0.6 is 0 Å². The largest absolute Gasteiger partial charge is 0.492 e. The van der Waals surface area contributed by atoms with Crippen LogP contribution in [0.15, 0.2) is 60.8 Å². The molecule has 2 heterocycles. The molecule has 2 aromatic carbocycles. The first-order valence-electron chi connectivity index (χ1n) is 8.94. The highest BCUT2D eigenvalue weighted by Crippen LogP contribution is 2.35. The molecule has 4 rings (SSSR count). The Morgan fingerprint density at radius 1 is 1.26 bits per heavy atom. The molecule has 0 unspecified atom stereocenters. The number of benzene rings is 2. The van der Waals surface area contributed by atoms with E-state index in [-0.39, 0.29) is 5.91 Å². The Morgan fingerprint density at radius 2 is 2.11 bits per heavy atom. The van der Waals surface area contributed by atoms with Gasteiger partial charge >= 0.3 is 0 Å². The molecule has 0 aromatic heterocycles. The number of likely N-dealkylation sites (N-methyl/N-ethyl adjacent to an activating group) is 1. The van der Waals surface area contributed by atoms with Crippen LogP contribution in [0.3, 0.4) is 0 Å². The summed E-state index contributed by atoms with van der Waals surface area (Å²) in [6.45, 7) is 4.70. The van der Waals surface area contributed by atoms with Crippen molar-refractivity contribution < 1.29 is 9.53 Å². The standard InChI is InChI=1S/C23H20N2O2/c1-16-14-20(19-9-5-6-10-21(19)25(16)2)23(26)24-18-11-12-22-17(15-18)8-4-3-7-13-27-22/h5-6,9-12,14-15H,1,3,7,13H2,2H3,(H,24,26). The van der Waals surface area contributed by atoms with Crippen LogP contribution in [0.1, 0.15) is 24.0 Å². The van der Waals surface area contributed by atoms with Gasteiger partial charge in [-0.05, 0) is 36.8 Å². The Morgan fingerprint density at radius 3 is 3.00 bits per heavy atom. The van der Waals surface area contributed by atoms with Gasteiger partial charge in [-0.3, -0.25) is 4.79 Å². The highest BCUT2D eigenvalue weighted by atomic mass is 16.5. The van der Waals surface area contributed by atoms with Gasteiger partial charge in [-0.2, -0.15) is 0 Å². The van der Waals surface area contributed by atoms with Crippen molar-refractivity contribution in [2.24, 2.45) is 0 Å². The molecule has 2 aromatic rings. The first kappa shape index (κ1) is 17.0. The van der Waals surface area contributed by atoms with Crippen molar-refractivity contribution in [2.45, 2.75) is 12.8 Å². The van der Waals surface area contributed by atoms with Crippen LogP contribution in [-0.4, -0.2) is 19.6 Å². The summed E-state index contributed by atoms with van der Waals surface area (Å²) in [7, 11) is 1.94. The number of carbonyl (C=O) groups is 1. The van der Waals surface area contributed by atoms with Gasteiger partial charge in [0.1, 0.15) is 5.75 Å². The van der Waals surface area contributed by atoms with Crippen LogP contribution in [-0.2, 0) is 4.79 Å². The number of carbonyl (C=O) groups excluding carboxylic acids is 1. The second-order valence-corrected chi connectivity index (χ2v) is 6.54. The van der Waals surface area contributed by atoms with Crippen LogP contribution < -0.4 is 15.0 Å². The number of allylic oxidation sites excluding steroid dienone is 1. The van der Waals surface area contributed by atoms with E-state index in [4.69, 9.17) is 4.74 Å². The molecule has 0 saturated carbocycles. The molecule has 0 radical (unpaired) electrons. The lowest BCUT2D eigenvalue weighted by Crippen LogP contribution is -2.23. The lowest BCUT2D eigenvalue weighted by molar-refractivity contribution is -0.111. The summed E-state index contributed by atoms with van der Waals surface area (Å²) in [6.07, 6.45) is 3.56. The van der Waals surface area contributed by atoms with Gasteiger partial charge < -0.3 is 15.0 Å². The van der Waals surface area contributed by atoms with Gasteiger partial charge in [0, 0.05) is 36.1 Å². The number of fused-ring (bicyclic) bond motifs is 2. The fourth-order valence-electron chi connectivity index (χ4n) is 3.21. The molecule has 4 heteroatoms. The zero-order valence-corrected chi connectivity index (χ0v) is 15.2. The van der Waals surface area contributed by atoms with Crippen molar-refractivity contribution in [3.05, 3.63) is 71.9 Å². The lowest BCUT2D eigenvalue weighted by atomic mass is 9.97. The van der Waals surface area contributed by atoms with Gasteiger partial charge in [-0.15, -0.1) is 0 Å². The molecule has 0 aliphatic carbocycles. The zero-order chi connectivity index (χ0) is 18.8. The summed E-state index contributed by atoms with van der Waals surface area (Å²) in [4.78, 5) is 14.9. The van der Waals surface area contributed by atoms with Gasteiger partial charge in [-0.1, -0.05) is 36.6 Å². The Balaban J connectivity index is 1.63. The molecule has 1 amide bonds. The van der Waals surface area contributed by atoms with Crippen molar-refractivity contribution >= 4 is 22.9 Å². The molecule has 0 spiro atoms. The molecular weight excluding hydrogens is 336 g/mol. The van der Waals surface area contributed by atoms with Crippen molar-refractivity contribution in [1.29, 1.82) is 0 Å². The van der Waals surface area contributed by atoms with E-state index in [2.05, 4.69) is 23.7 Å². The summed E-state index contributed by atoms with van der Waals surface area (Å²) >= 11 is 0. The summed E-state index contributed by atoms with van der Waals surface area (Å²) in [5.74, 6) is 6.86. The number of anilines is 2. The Bertz CT molecular complexity index is 1020.